The Morgan fingerprint density at radius 3 is 2.60 bits per heavy atom. The van der Waals surface area contributed by atoms with Crippen molar-refractivity contribution in [2.45, 2.75) is 44.2 Å². The van der Waals surface area contributed by atoms with E-state index in [-0.39, 0.29) is 35.4 Å². The van der Waals surface area contributed by atoms with Crippen LogP contribution < -0.4 is 5.32 Å². The number of ether oxygens (including phenoxy) is 2. The highest BCUT2D eigenvalue weighted by atomic mass is 16.5. The van der Waals surface area contributed by atoms with E-state index in [0.717, 1.165) is 18.4 Å². The summed E-state index contributed by atoms with van der Waals surface area (Å²) in [6.07, 6.45) is 1.61. The van der Waals surface area contributed by atoms with Crippen molar-refractivity contribution in [2.75, 3.05) is 14.2 Å². The molecule has 6 atom stereocenters. The van der Waals surface area contributed by atoms with Gasteiger partial charge in [0.2, 0.25) is 0 Å². The molecule has 0 amide bonds. The Bertz CT molecular complexity index is 747. The fourth-order valence-electron chi connectivity index (χ4n) is 6.23. The summed E-state index contributed by atoms with van der Waals surface area (Å²) in [6, 6.07) is 8.13. The number of nitrogens with one attached hydrogen (secondary N) is 1. The van der Waals surface area contributed by atoms with Gasteiger partial charge in [-0.3, -0.25) is 9.59 Å². The summed E-state index contributed by atoms with van der Waals surface area (Å²) in [4.78, 5) is 25.9. The maximum absolute atomic E-state index is 13.1. The smallest absolute Gasteiger partial charge is 0.314 e. The number of carbonyl (C=O) groups is 2. The zero-order valence-electron chi connectivity index (χ0n) is 15.2. The third kappa shape index (κ3) is 1.87. The van der Waals surface area contributed by atoms with Gasteiger partial charge in [-0.15, -0.1) is 0 Å². The highest BCUT2D eigenvalue weighted by molar-refractivity contribution is 5.86. The molecule has 1 aromatic carbocycles. The second-order valence-corrected chi connectivity index (χ2v) is 7.99. The molecule has 2 saturated heterocycles. The van der Waals surface area contributed by atoms with E-state index < -0.39 is 11.3 Å². The summed E-state index contributed by atoms with van der Waals surface area (Å²) in [6.45, 7) is 4.15. The van der Waals surface area contributed by atoms with Crippen LogP contribution in [0.4, 0.5) is 0 Å². The van der Waals surface area contributed by atoms with Crippen molar-refractivity contribution in [1.82, 2.24) is 5.32 Å². The van der Waals surface area contributed by atoms with Crippen LogP contribution in [0.15, 0.2) is 24.3 Å². The molecular formula is C20H25NO4. The Morgan fingerprint density at radius 1 is 1.20 bits per heavy atom. The van der Waals surface area contributed by atoms with Gasteiger partial charge in [-0.05, 0) is 43.7 Å². The van der Waals surface area contributed by atoms with Crippen LogP contribution in [-0.2, 0) is 25.5 Å². The molecule has 1 saturated carbocycles. The van der Waals surface area contributed by atoms with Crippen molar-refractivity contribution in [3.63, 3.8) is 0 Å². The maximum Gasteiger partial charge on any atom is 0.314 e. The van der Waals surface area contributed by atoms with Gasteiger partial charge in [0, 0.05) is 17.5 Å². The topological polar surface area (TPSA) is 64.6 Å². The van der Waals surface area contributed by atoms with Crippen molar-refractivity contribution in [3.8, 4) is 0 Å². The molecule has 2 aliphatic heterocycles. The second kappa shape index (κ2) is 5.31. The molecule has 1 aromatic rings. The fraction of sp³-hybridized carbons (Fsp3) is 0.600. The lowest BCUT2D eigenvalue weighted by Crippen LogP contribution is -2.78. The Labute approximate surface area is 148 Å². The number of carbonyl (C=O) groups excluding carboxylic acids is 2. The van der Waals surface area contributed by atoms with Crippen LogP contribution in [0.1, 0.15) is 37.3 Å². The molecule has 5 heteroatoms. The van der Waals surface area contributed by atoms with Gasteiger partial charge in [0.1, 0.15) is 0 Å². The van der Waals surface area contributed by atoms with E-state index >= 15 is 0 Å². The molecule has 0 radical (unpaired) electrons. The number of hydrogen-bond acceptors (Lipinski definition) is 5. The molecule has 0 aromatic heterocycles. The van der Waals surface area contributed by atoms with Gasteiger partial charge in [-0.1, -0.05) is 24.3 Å². The summed E-state index contributed by atoms with van der Waals surface area (Å²) in [5, 5.41) is 3.57. The minimum Gasteiger partial charge on any atom is -0.469 e. The third-order valence-corrected chi connectivity index (χ3v) is 6.99. The van der Waals surface area contributed by atoms with Gasteiger partial charge in [-0.25, -0.2) is 0 Å². The van der Waals surface area contributed by atoms with E-state index in [1.807, 2.05) is 12.1 Å². The average molecular weight is 343 g/mol. The van der Waals surface area contributed by atoms with Crippen molar-refractivity contribution < 1.29 is 19.1 Å². The Kier molecular flexibility index (Phi) is 3.52. The Balaban J connectivity index is 2.01. The summed E-state index contributed by atoms with van der Waals surface area (Å²) in [5.74, 6) is -0.951. The summed E-state index contributed by atoms with van der Waals surface area (Å²) >= 11 is 0. The number of benzene rings is 1. The molecule has 1 N–H and O–H groups in total. The first kappa shape index (κ1) is 16.6. The van der Waals surface area contributed by atoms with E-state index in [1.165, 1.54) is 19.8 Å². The predicted molar refractivity (Wildman–Crippen MR) is 92.0 cm³/mol. The van der Waals surface area contributed by atoms with E-state index in [2.05, 4.69) is 31.3 Å². The minimum atomic E-state index is -0.736. The zero-order valence-corrected chi connectivity index (χ0v) is 15.2. The number of piperidine rings is 2. The standard InChI is InChI=1S/C20H25NO4/c1-11-20(18(23)25-4)13-9-12-7-5-6-8-14(12)15(20)16(17(22)24-3)19(2,10-13)21-11/h5-8,11,13,15-16,21H,9-10H2,1-4H3/t11?,13?,15?,16?,19-,20+/m0/s1. The van der Waals surface area contributed by atoms with E-state index in [9.17, 15) is 9.59 Å². The molecule has 134 valence electrons. The number of methoxy groups -OCH3 is 2. The molecule has 5 rings (SSSR count). The zero-order chi connectivity index (χ0) is 18.0. The van der Waals surface area contributed by atoms with E-state index in [0.29, 0.717) is 0 Å². The van der Waals surface area contributed by atoms with Gasteiger partial charge in [0.25, 0.3) is 0 Å². The van der Waals surface area contributed by atoms with E-state index in [4.69, 9.17) is 9.47 Å². The number of hydrogen-bond donors (Lipinski definition) is 1. The summed E-state index contributed by atoms with van der Waals surface area (Å²) in [7, 11) is 2.87. The molecule has 4 unspecified atom stereocenters. The van der Waals surface area contributed by atoms with Crippen LogP contribution in [0.3, 0.4) is 0 Å². The second-order valence-electron chi connectivity index (χ2n) is 7.99. The number of fused-ring (bicyclic) bond motifs is 2. The minimum absolute atomic E-state index is 0.0667. The molecule has 25 heavy (non-hydrogen) atoms. The van der Waals surface area contributed by atoms with E-state index in [1.54, 1.807) is 0 Å². The largest absolute Gasteiger partial charge is 0.469 e. The lowest BCUT2D eigenvalue weighted by atomic mass is 9.41. The summed E-state index contributed by atoms with van der Waals surface area (Å²) < 4.78 is 10.5. The van der Waals surface area contributed by atoms with Crippen LogP contribution in [0.5, 0.6) is 0 Å². The lowest BCUT2D eigenvalue weighted by Gasteiger charge is -2.67. The Hall–Kier alpha value is -1.88. The van der Waals surface area contributed by atoms with Gasteiger partial charge in [0.05, 0.1) is 25.6 Å². The molecule has 4 aliphatic rings. The van der Waals surface area contributed by atoms with Crippen LogP contribution in [0.2, 0.25) is 0 Å². The van der Waals surface area contributed by atoms with Gasteiger partial charge < -0.3 is 14.8 Å². The highest BCUT2D eigenvalue weighted by Crippen LogP contribution is 2.66. The normalized spacial score (nSPS) is 41.0. The molecule has 3 fully saturated rings. The molecule has 0 spiro atoms. The molecule has 4 bridgehead atoms. The predicted octanol–water partition coefficient (Wildman–Crippen LogP) is 2.05. The fourth-order valence-corrected chi connectivity index (χ4v) is 6.23. The quantitative estimate of drug-likeness (QED) is 0.833. The first-order valence-corrected chi connectivity index (χ1v) is 8.92. The van der Waals surface area contributed by atoms with Crippen molar-refractivity contribution in [2.24, 2.45) is 17.3 Å². The molecule has 2 heterocycles. The third-order valence-electron chi connectivity index (χ3n) is 6.99. The van der Waals surface area contributed by atoms with Gasteiger partial charge in [0.15, 0.2) is 0 Å². The van der Waals surface area contributed by atoms with Crippen molar-refractivity contribution >= 4 is 11.9 Å². The monoisotopic (exact) mass is 343 g/mol. The van der Waals surface area contributed by atoms with Crippen molar-refractivity contribution in [1.29, 1.82) is 0 Å². The van der Waals surface area contributed by atoms with Crippen LogP contribution in [0.25, 0.3) is 0 Å². The van der Waals surface area contributed by atoms with Gasteiger partial charge in [-0.2, -0.15) is 0 Å². The Morgan fingerprint density at radius 2 is 1.92 bits per heavy atom. The van der Waals surface area contributed by atoms with Crippen LogP contribution in [0, 0.1) is 17.3 Å². The average Bonchev–Trinajstić information content (AvgIpc) is 2.59. The number of esters is 2. The highest BCUT2D eigenvalue weighted by Gasteiger charge is 2.73. The number of rotatable bonds is 2. The van der Waals surface area contributed by atoms with Gasteiger partial charge >= 0.3 is 11.9 Å². The first-order chi connectivity index (χ1) is 11.9. The molecular weight excluding hydrogens is 318 g/mol. The lowest BCUT2D eigenvalue weighted by molar-refractivity contribution is -0.193. The van der Waals surface area contributed by atoms with Crippen LogP contribution >= 0.6 is 0 Å². The summed E-state index contributed by atoms with van der Waals surface area (Å²) in [5.41, 5.74) is 1.21. The van der Waals surface area contributed by atoms with Crippen LogP contribution in [-0.4, -0.2) is 37.7 Å². The first-order valence-electron chi connectivity index (χ1n) is 8.92. The maximum atomic E-state index is 13.1. The SMILES string of the molecule is COC(=O)C1C2c3ccccc3CC3C[C@]1(C)NC(C)[C@@]32C(=O)OC. The molecule has 5 nitrogen and oxygen atoms in total. The molecule has 2 aliphatic carbocycles. The van der Waals surface area contributed by atoms with Crippen molar-refractivity contribution in [3.05, 3.63) is 35.4 Å².